The van der Waals surface area contributed by atoms with Crippen LogP contribution in [0, 0.1) is 20.2 Å². The van der Waals surface area contributed by atoms with Gasteiger partial charge in [-0.2, -0.15) is 5.10 Å². The van der Waals surface area contributed by atoms with Crippen LogP contribution in [0.5, 0.6) is 17.2 Å². The molecule has 0 saturated heterocycles. The molecule has 1 atom stereocenters. The van der Waals surface area contributed by atoms with Crippen molar-refractivity contribution in [3.05, 3.63) is 61.7 Å². The number of non-ortho nitro benzene ring substituents is 1. The third-order valence-corrected chi connectivity index (χ3v) is 5.81. The molecule has 2 aromatic rings. The van der Waals surface area contributed by atoms with E-state index >= 15 is 0 Å². The molecule has 1 unspecified atom stereocenters. The highest BCUT2D eigenvalue weighted by molar-refractivity contribution is 6.17. The first kappa shape index (κ1) is 22.7. The molecule has 176 valence electrons. The summed E-state index contributed by atoms with van der Waals surface area (Å²) >= 11 is 0. The highest BCUT2D eigenvalue weighted by Crippen LogP contribution is 2.49. The molecule has 2 aliphatic rings. The molecule has 2 aromatic carbocycles. The number of carbonyl (C=O) groups excluding carboxylic acids is 1. The van der Waals surface area contributed by atoms with Gasteiger partial charge in [0.2, 0.25) is 0 Å². The Kier molecular flexibility index (Phi) is 5.43. The maximum absolute atomic E-state index is 14.1. The zero-order valence-electron chi connectivity index (χ0n) is 18.7. The minimum atomic E-state index is -1.46. The van der Waals surface area contributed by atoms with Crippen LogP contribution in [0.15, 0.2) is 35.4 Å². The molecule has 4 rings (SSSR count). The lowest BCUT2D eigenvalue weighted by atomic mass is 9.78. The van der Waals surface area contributed by atoms with Gasteiger partial charge in [-0.1, -0.05) is 6.08 Å². The van der Waals surface area contributed by atoms with Crippen molar-refractivity contribution in [2.24, 2.45) is 5.10 Å². The summed E-state index contributed by atoms with van der Waals surface area (Å²) < 4.78 is 16.3. The summed E-state index contributed by atoms with van der Waals surface area (Å²) in [5.74, 6) is 0.415. The highest BCUT2D eigenvalue weighted by Gasteiger charge is 2.52. The molecular formula is C22H20N4O8. The van der Waals surface area contributed by atoms with E-state index in [9.17, 15) is 25.0 Å². The number of ketones is 1. The fourth-order valence-electron chi connectivity index (χ4n) is 4.34. The minimum absolute atomic E-state index is 0.0530. The molecular weight excluding hydrogens is 448 g/mol. The van der Waals surface area contributed by atoms with Crippen molar-refractivity contribution in [2.45, 2.75) is 18.9 Å². The van der Waals surface area contributed by atoms with Crippen LogP contribution in [0.4, 0.5) is 17.1 Å². The average molecular weight is 468 g/mol. The normalized spacial score (nSPS) is 18.5. The van der Waals surface area contributed by atoms with Gasteiger partial charge in [0, 0.05) is 29.8 Å². The van der Waals surface area contributed by atoms with Crippen LogP contribution in [-0.4, -0.2) is 48.2 Å². The average Bonchev–Trinajstić information content (AvgIpc) is 3.16. The van der Waals surface area contributed by atoms with Gasteiger partial charge in [0.05, 0.1) is 42.8 Å². The lowest BCUT2D eigenvalue weighted by molar-refractivity contribution is -0.393. The first-order valence-corrected chi connectivity index (χ1v) is 10.0. The number of Topliss-reactive ketones (excluding diaryl/α,β-unsaturated/α-hetero) is 1. The number of nitrogens with zero attached hydrogens (tertiary/aromatic N) is 4. The van der Waals surface area contributed by atoms with E-state index in [1.807, 2.05) is 0 Å². The highest BCUT2D eigenvalue weighted by atomic mass is 16.6. The Labute approximate surface area is 193 Å². The fraction of sp³-hybridized carbons (Fsp3) is 0.273. The summed E-state index contributed by atoms with van der Waals surface area (Å²) in [6.07, 6.45) is 3.42. The van der Waals surface area contributed by atoms with Gasteiger partial charge in [0.1, 0.15) is 11.4 Å². The van der Waals surface area contributed by atoms with Crippen LogP contribution in [0.3, 0.4) is 0 Å². The van der Waals surface area contributed by atoms with E-state index in [-0.39, 0.29) is 29.2 Å². The predicted octanol–water partition coefficient (Wildman–Crippen LogP) is 3.76. The summed E-state index contributed by atoms with van der Waals surface area (Å²) in [5.41, 5.74) is -1.31. The smallest absolute Gasteiger partial charge is 0.301 e. The lowest BCUT2D eigenvalue weighted by Crippen LogP contribution is -2.50. The monoisotopic (exact) mass is 468 g/mol. The number of hydrogen-bond acceptors (Lipinski definition) is 10. The van der Waals surface area contributed by atoms with E-state index in [1.165, 1.54) is 32.4 Å². The Balaban J connectivity index is 1.95. The number of ether oxygens (including phenoxy) is 3. The van der Waals surface area contributed by atoms with E-state index in [4.69, 9.17) is 14.2 Å². The van der Waals surface area contributed by atoms with Crippen LogP contribution in [0.1, 0.15) is 29.3 Å². The number of rotatable bonds is 6. The Morgan fingerprint density at radius 1 is 1.03 bits per heavy atom. The first-order valence-electron chi connectivity index (χ1n) is 10.0. The maximum Gasteiger partial charge on any atom is 0.301 e. The standard InChI is InChI=1S/C22H20N4O8/c1-12-11-22(24(23-12)15-6-5-13(25(28)29)9-16(15)26(30)31)8-7-14-17(32-2)10-18(33-3)20(34-4)19(14)21(22)27/h5-10H,11H2,1-4H3. The number of hydrogen-bond donors (Lipinski definition) is 0. The number of hydrazone groups is 1. The van der Waals surface area contributed by atoms with Crippen LogP contribution < -0.4 is 19.2 Å². The third-order valence-electron chi connectivity index (χ3n) is 5.81. The third kappa shape index (κ3) is 3.22. The van der Waals surface area contributed by atoms with Crippen molar-refractivity contribution in [3.63, 3.8) is 0 Å². The molecule has 1 aliphatic heterocycles. The van der Waals surface area contributed by atoms with Gasteiger partial charge in [-0.25, -0.2) is 5.01 Å². The van der Waals surface area contributed by atoms with E-state index in [0.717, 1.165) is 12.1 Å². The van der Waals surface area contributed by atoms with Crippen molar-refractivity contribution < 1.29 is 28.9 Å². The van der Waals surface area contributed by atoms with Crippen LogP contribution in [0.25, 0.3) is 6.08 Å². The van der Waals surface area contributed by atoms with Gasteiger partial charge in [-0.05, 0) is 19.1 Å². The largest absolute Gasteiger partial charge is 0.496 e. The molecule has 0 radical (unpaired) electrons. The second-order valence-corrected chi connectivity index (χ2v) is 7.70. The van der Waals surface area contributed by atoms with E-state index in [2.05, 4.69) is 5.10 Å². The Bertz CT molecular complexity index is 1300. The number of anilines is 1. The molecule has 0 fully saturated rings. The summed E-state index contributed by atoms with van der Waals surface area (Å²) in [6, 6.07) is 4.81. The van der Waals surface area contributed by atoms with Crippen molar-refractivity contribution in [3.8, 4) is 17.2 Å². The Hall–Kier alpha value is -4.48. The first-order chi connectivity index (χ1) is 16.2. The van der Waals surface area contributed by atoms with Crippen LogP contribution >= 0.6 is 0 Å². The zero-order chi connectivity index (χ0) is 24.8. The molecule has 1 heterocycles. The number of nitro groups is 2. The topological polar surface area (TPSA) is 147 Å². The fourth-order valence-corrected chi connectivity index (χ4v) is 4.34. The quantitative estimate of drug-likeness (QED) is 0.456. The minimum Gasteiger partial charge on any atom is -0.496 e. The molecule has 0 bridgehead atoms. The van der Waals surface area contributed by atoms with Crippen molar-refractivity contribution in [1.82, 2.24) is 0 Å². The molecule has 12 nitrogen and oxygen atoms in total. The van der Waals surface area contributed by atoms with Crippen molar-refractivity contribution in [2.75, 3.05) is 26.3 Å². The number of methoxy groups -OCH3 is 3. The van der Waals surface area contributed by atoms with Gasteiger partial charge in [-0.3, -0.25) is 25.0 Å². The molecule has 1 spiro atoms. The number of nitro benzene ring substituents is 2. The number of fused-ring (bicyclic) bond motifs is 1. The molecule has 1 aliphatic carbocycles. The predicted molar refractivity (Wildman–Crippen MR) is 122 cm³/mol. The maximum atomic E-state index is 14.1. The van der Waals surface area contributed by atoms with E-state index in [0.29, 0.717) is 17.0 Å². The van der Waals surface area contributed by atoms with Crippen molar-refractivity contribution in [1.29, 1.82) is 0 Å². The second-order valence-electron chi connectivity index (χ2n) is 7.70. The number of benzene rings is 2. The second kappa shape index (κ2) is 8.14. The molecule has 0 N–H and O–H groups in total. The van der Waals surface area contributed by atoms with Gasteiger partial charge in [-0.15, -0.1) is 0 Å². The summed E-state index contributed by atoms with van der Waals surface area (Å²) in [7, 11) is 4.29. The van der Waals surface area contributed by atoms with Gasteiger partial charge >= 0.3 is 5.69 Å². The molecule has 0 amide bonds. The number of carbonyl (C=O) groups is 1. The Morgan fingerprint density at radius 3 is 2.32 bits per heavy atom. The van der Waals surface area contributed by atoms with Gasteiger partial charge < -0.3 is 14.2 Å². The van der Waals surface area contributed by atoms with Gasteiger partial charge in [0.25, 0.3) is 5.69 Å². The summed E-state index contributed by atoms with van der Waals surface area (Å²) in [6.45, 7) is 1.69. The summed E-state index contributed by atoms with van der Waals surface area (Å²) in [5, 5.41) is 28.6. The van der Waals surface area contributed by atoms with E-state index < -0.39 is 32.5 Å². The summed E-state index contributed by atoms with van der Waals surface area (Å²) in [4.78, 5) is 35.6. The van der Waals surface area contributed by atoms with Crippen LogP contribution in [-0.2, 0) is 0 Å². The zero-order valence-corrected chi connectivity index (χ0v) is 18.7. The van der Waals surface area contributed by atoms with Crippen LogP contribution in [0.2, 0.25) is 0 Å². The Morgan fingerprint density at radius 2 is 1.74 bits per heavy atom. The van der Waals surface area contributed by atoms with E-state index in [1.54, 1.807) is 25.1 Å². The molecule has 34 heavy (non-hydrogen) atoms. The van der Waals surface area contributed by atoms with Crippen molar-refractivity contribution >= 4 is 34.6 Å². The SMILES string of the molecule is COc1cc(OC)c(OC)c2c1C=CC1(CC(C)=NN1c1ccc([N+](=O)[O-])cc1[N+](=O)[O-])C2=O. The van der Waals surface area contributed by atoms with Gasteiger partial charge in [0.15, 0.2) is 22.8 Å². The molecule has 0 aromatic heterocycles. The molecule has 12 heteroatoms. The lowest BCUT2D eigenvalue weighted by Gasteiger charge is -2.36. The molecule has 0 saturated carbocycles.